The molecule has 0 unspecified atom stereocenters. The summed E-state index contributed by atoms with van der Waals surface area (Å²) in [4.78, 5) is 4.17. The van der Waals surface area contributed by atoms with E-state index in [1.807, 2.05) is 7.05 Å². The van der Waals surface area contributed by atoms with Gasteiger partial charge in [-0.3, -0.25) is 4.68 Å². The third-order valence-electron chi connectivity index (χ3n) is 3.04. The second-order valence-electron chi connectivity index (χ2n) is 4.61. The fourth-order valence-electron chi connectivity index (χ4n) is 1.98. The molecule has 2 N–H and O–H groups in total. The summed E-state index contributed by atoms with van der Waals surface area (Å²) in [6.45, 7) is 1.40. The maximum absolute atomic E-state index is 9.85. The molecule has 0 aliphatic rings. The SMILES string of the molecule is COc1cc(CNCCc2ncn(C)n2)cc(OC)c1O. The molecular formula is C14H20N4O3. The number of methoxy groups -OCH3 is 2. The monoisotopic (exact) mass is 292 g/mol. The summed E-state index contributed by atoms with van der Waals surface area (Å²) in [5.74, 6) is 1.63. The van der Waals surface area contributed by atoms with Crippen LogP contribution in [0.1, 0.15) is 11.4 Å². The van der Waals surface area contributed by atoms with Crippen LogP contribution in [0.3, 0.4) is 0 Å². The standard InChI is InChI=1S/C14H20N4O3/c1-18-9-16-13(17-18)4-5-15-8-10-6-11(20-2)14(19)12(7-10)21-3/h6-7,9,15,19H,4-5,8H2,1-3H3. The fourth-order valence-corrected chi connectivity index (χ4v) is 1.98. The van der Waals surface area contributed by atoms with E-state index in [9.17, 15) is 5.11 Å². The molecule has 0 atom stereocenters. The molecule has 0 fully saturated rings. The van der Waals surface area contributed by atoms with Gasteiger partial charge in [-0.1, -0.05) is 0 Å². The molecular weight excluding hydrogens is 272 g/mol. The first-order chi connectivity index (χ1) is 10.1. The Morgan fingerprint density at radius 3 is 2.43 bits per heavy atom. The normalized spacial score (nSPS) is 10.6. The van der Waals surface area contributed by atoms with E-state index < -0.39 is 0 Å². The number of aryl methyl sites for hydroxylation is 1. The first-order valence-corrected chi connectivity index (χ1v) is 6.63. The van der Waals surface area contributed by atoms with Gasteiger partial charge < -0.3 is 19.9 Å². The molecule has 0 radical (unpaired) electrons. The van der Waals surface area contributed by atoms with Crippen molar-refractivity contribution in [2.45, 2.75) is 13.0 Å². The number of nitrogens with one attached hydrogen (secondary N) is 1. The highest BCUT2D eigenvalue weighted by molar-refractivity contribution is 5.52. The Morgan fingerprint density at radius 2 is 1.90 bits per heavy atom. The van der Waals surface area contributed by atoms with Gasteiger partial charge >= 0.3 is 0 Å². The zero-order valence-corrected chi connectivity index (χ0v) is 12.5. The van der Waals surface area contributed by atoms with Crippen molar-refractivity contribution < 1.29 is 14.6 Å². The molecule has 0 saturated carbocycles. The molecule has 7 heteroatoms. The minimum Gasteiger partial charge on any atom is -0.502 e. The number of phenols is 1. The van der Waals surface area contributed by atoms with E-state index in [1.165, 1.54) is 14.2 Å². The molecule has 1 heterocycles. The lowest BCUT2D eigenvalue weighted by molar-refractivity contribution is 0.339. The second-order valence-corrected chi connectivity index (χ2v) is 4.61. The van der Waals surface area contributed by atoms with E-state index in [4.69, 9.17) is 9.47 Å². The first-order valence-electron chi connectivity index (χ1n) is 6.63. The molecule has 2 aromatic rings. The summed E-state index contributed by atoms with van der Waals surface area (Å²) in [5.41, 5.74) is 0.968. The van der Waals surface area contributed by atoms with Crippen LogP contribution in [0.5, 0.6) is 17.2 Å². The molecule has 0 bridgehead atoms. The number of hydrogen-bond donors (Lipinski definition) is 2. The molecule has 21 heavy (non-hydrogen) atoms. The maximum Gasteiger partial charge on any atom is 0.200 e. The zero-order valence-electron chi connectivity index (χ0n) is 12.5. The van der Waals surface area contributed by atoms with Crippen molar-refractivity contribution in [3.63, 3.8) is 0 Å². The van der Waals surface area contributed by atoms with E-state index in [0.717, 1.165) is 24.4 Å². The molecule has 2 rings (SSSR count). The van der Waals surface area contributed by atoms with Gasteiger partial charge in [0, 0.05) is 26.6 Å². The predicted octanol–water partition coefficient (Wildman–Crippen LogP) is 0.870. The third-order valence-corrected chi connectivity index (χ3v) is 3.04. The Hall–Kier alpha value is -2.28. The van der Waals surface area contributed by atoms with Gasteiger partial charge in [0.05, 0.1) is 14.2 Å². The highest BCUT2D eigenvalue weighted by Crippen LogP contribution is 2.36. The van der Waals surface area contributed by atoms with Crippen LogP contribution in [-0.4, -0.2) is 40.6 Å². The van der Waals surface area contributed by atoms with Gasteiger partial charge in [-0.2, -0.15) is 5.10 Å². The Balaban J connectivity index is 1.90. The Labute approximate surface area is 123 Å². The predicted molar refractivity (Wildman–Crippen MR) is 77.6 cm³/mol. The van der Waals surface area contributed by atoms with Gasteiger partial charge in [0.15, 0.2) is 17.3 Å². The van der Waals surface area contributed by atoms with Crippen LogP contribution in [0.15, 0.2) is 18.5 Å². The lowest BCUT2D eigenvalue weighted by Crippen LogP contribution is -2.17. The van der Waals surface area contributed by atoms with Crippen LogP contribution in [-0.2, 0) is 20.0 Å². The molecule has 0 aliphatic carbocycles. The Kier molecular flexibility index (Phi) is 4.99. The van der Waals surface area contributed by atoms with Crippen LogP contribution in [0.25, 0.3) is 0 Å². The van der Waals surface area contributed by atoms with Gasteiger partial charge in [-0.25, -0.2) is 4.98 Å². The topological polar surface area (TPSA) is 81.4 Å². The lowest BCUT2D eigenvalue weighted by Gasteiger charge is -2.11. The van der Waals surface area contributed by atoms with Crippen LogP contribution in [0, 0.1) is 0 Å². The number of ether oxygens (including phenoxy) is 2. The minimum absolute atomic E-state index is 0.0152. The highest BCUT2D eigenvalue weighted by atomic mass is 16.5. The van der Waals surface area contributed by atoms with Gasteiger partial charge in [-0.15, -0.1) is 0 Å². The summed E-state index contributed by atoms with van der Waals surface area (Å²) in [6, 6.07) is 3.56. The van der Waals surface area contributed by atoms with Gasteiger partial charge in [-0.05, 0) is 17.7 Å². The van der Waals surface area contributed by atoms with Crippen molar-refractivity contribution in [1.29, 1.82) is 0 Å². The summed E-state index contributed by atoms with van der Waals surface area (Å²) in [5, 5.41) is 17.4. The summed E-state index contributed by atoms with van der Waals surface area (Å²) >= 11 is 0. The van der Waals surface area contributed by atoms with E-state index in [0.29, 0.717) is 18.0 Å². The summed E-state index contributed by atoms with van der Waals surface area (Å²) < 4.78 is 11.9. The van der Waals surface area contributed by atoms with Crippen molar-refractivity contribution in [2.24, 2.45) is 7.05 Å². The third kappa shape index (κ3) is 3.85. The quantitative estimate of drug-likeness (QED) is 0.737. The van der Waals surface area contributed by atoms with E-state index >= 15 is 0 Å². The van der Waals surface area contributed by atoms with Gasteiger partial charge in [0.1, 0.15) is 6.33 Å². The van der Waals surface area contributed by atoms with Crippen LogP contribution in [0.4, 0.5) is 0 Å². The zero-order chi connectivity index (χ0) is 15.2. The van der Waals surface area contributed by atoms with Gasteiger partial charge in [0.2, 0.25) is 5.75 Å². The first kappa shape index (κ1) is 15.1. The van der Waals surface area contributed by atoms with E-state index in [1.54, 1.807) is 23.1 Å². The average molecular weight is 292 g/mol. The van der Waals surface area contributed by atoms with Crippen molar-refractivity contribution in [3.8, 4) is 17.2 Å². The van der Waals surface area contributed by atoms with Crippen molar-refractivity contribution in [3.05, 3.63) is 29.8 Å². The molecule has 1 aromatic carbocycles. The van der Waals surface area contributed by atoms with Crippen LogP contribution in [0.2, 0.25) is 0 Å². The Bertz CT molecular complexity index is 573. The molecule has 114 valence electrons. The van der Waals surface area contributed by atoms with Crippen molar-refractivity contribution in [2.75, 3.05) is 20.8 Å². The number of rotatable bonds is 7. The number of aromatic hydroxyl groups is 1. The molecule has 1 aromatic heterocycles. The smallest absolute Gasteiger partial charge is 0.200 e. The summed E-state index contributed by atoms with van der Waals surface area (Å²) in [7, 11) is 4.87. The second kappa shape index (κ2) is 6.94. The van der Waals surface area contributed by atoms with E-state index in [-0.39, 0.29) is 5.75 Å². The number of phenolic OH excluding ortho intramolecular Hbond substituents is 1. The van der Waals surface area contributed by atoms with Crippen LogP contribution >= 0.6 is 0 Å². The molecule has 0 spiro atoms. The number of hydrogen-bond acceptors (Lipinski definition) is 6. The number of nitrogens with zero attached hydrogens (tertiary/aromatic N) is 3. The Morgan fingerprint density at radius 1 is 1.24 bits per heavy atom. The van der Waals surface area contributed by atoms with Crippen molar-refractivity contribution in [1.82, 2.24) is 20.1 Å². The maximum atomic E-state index is 9.85. The largest absolute Gasteiger partial charge is 0.502 e. The van der Waals surface area contributed by atoms with Gasteiger partial charge in [0.25, 0.3) is 0 Å². The molecule has 0 saturated heterocycles. The molecule has 7 nitrogen and oxygen atoms in total. The number of benzene rings is 1. The minimum atomic E-state index is 0.0152. The average Bonchev–Trinajstić information content (AvgIpc) is 2.90. The van der Waals surface area contributed by atoms with Crippen LogP contribution < -0.4 is 14.8 Å². The highest BCUT2D eigenvalue weighted by Gasteiger charge is 2.10. The lowest BCUT2D eigenvalue weighted by atomic mass is 10.2. The molecule has 0 aliphatic heterocycles. The fraction of sp³-hybridized carbons (Fsp3) is 0.429. The number of aromatic nitrogens is 3. The van der Waals surface area contributed by atoms with Crippen molar-refractivity contribution >= 4 is 0 Å². The van der Waals surface area contributed by atoms with E-state index in [2.05, 4.69) is 15.4 Å². The summed E-state index contributed by atoms with van der Waals surface area (Å²) in [6.07, 6.45) is 2.44. The molecule has 0 amide bonds.